The highest BCUT2D eigenvalue weighted by Crippen LogP contribution is 2.15. The van der Waals surface area contributed by atoms with E-state index in [2.05, 4.69) is 17.1 Å². The number of hydrogen-bond acceptors (Lipinski definition) is 2. The second kappa shape index (κ2) is 5.97. The molecule has 0 radical (unpaired) electrons. The van der Waals surface area contributed by atoms with E-state index in [0.717, 1.165) is 18.7 Å². The van der Waals surface area contributed by atoms with Crippen molar-refractivity contribution in [2.45, 2.75) is 19.9 Å². The fourth-order valence-electron chi connectivity index (χ4n) is 1.50. The summed E-state index contributed by atoms with van der Waals surface area (Å²) in [6.07, 6.45) is 0. The highest BCUT2D eigenvalue weighted by Gasteiger charge is 2.06. The van der Waals surface area contributed by atoms with Crippen LogP contribution < -0.4 is 5.32 Å². The molecule has 0 aliphatic rings. The van der Waals surface area contributed by atoms with Gasteiger partial charge < -0.3 is 10.2 Å². The zero-order valence-corrected chi connectivity index (χ0v) is 10.5. The Hall–Kier alpha value is -0.930. The first-order chi connectivity index (χ1) is 7.50. The Kier molecular flexibility index (Phi) is 4.90. The summed E-state index contributed by atoms with van der Waals surface area (Å²) in [7, 11) is 4.08. The first kappa shape index (κ1) is 13.1. The van der Waals surface area contributed by atoms with E-state index >= 15 is 0 Å². The normalized spacial score (nSPS) is 13.1. The molecule has 0 spiro atoms. The Morgan fingerprint density at radius 2 is 2.06 bits per heavy atom. The highest BCUT2D eigenvalue weighted by atomic mass is 19.1. The van der Waals surface area contributed by atoms with Gasteiger partial charge in [0.1, 0.15) is 5.82 Å². The molecule has 0 bridgehead atoms. The van der Waals surface area contributed by atoms with Gasteiger partial charge in [-0.3, -0.25) is 0 Å². The van der Waals surface area contributed by atoms with Crippen LogP contribution in [0.2, 0.25) is 0 Å². The minimum absolute atomic E-state index is 0.126. The molecular weight excluding hydrogens is 203 g/mol. The van der Waals surface area contributed by atoms with Crippen LogP contribution in [0.15, 0.2) is 18.2 Å². The molecule has 1 unspecified atom stereocenters. The standard InChI is InChI=1S/C13H21FN2/c1-10-5-6-12(9-13(10)14)11(2)15-7-8-16(3)4/h5-6,9,11,15H,7-8H2,1-4H3. The maximum absolute atomic E-state index is 13.4. The summed E-state index contributed by atoms with van der Waals surface area (Å²) < 4.78 is 13.4. The lowest BCUT2D eigenvalue weighted by Crippen LogP contribution is -2.28. The topological polar surface area (TPSA) is 15.3 Å². The molecule has 2 nitrogen and oxygen atoms in total. The van der Waals surface area contributed by atoms with Crippen molar-refractivity contribution in [1.29, 1.82) is 0 Å². The molecule has 0 amide bonds. The van der Waals surface area contributed by atoms with Crippen molar-refractivity contribution in [2.24, 2.45) is 0 Å². The van der Waals surface area contributed by atoms with Crippen molar-refractivity contribution in [3.05, 3.63) is 35.1 Å². The zero-order valence-electron chi connectivity index (χ0n) is 10.5. The summed E-state index contributed by atoms with van der Waals surface area (Å²) >= 11 is 0. The molecule has 1 rings (SSSR count). The number of likely N-dealkylation sites (N-methyl/N-ethyl adjacent to an activating group) is 1. The Bertz CT molecular complexity index is 337. The quantitative estimate of drug-likeness (QED) is 0.826. The lowest BCUT2D eigenvalue weighted by Gasteiger charge is -2.16. The first-order valence-corrected chi connectivity index (χ1v) is 5.65. The van der Waals surface area contributed by atoms with Gasteiger partial charge in [-0.2, -0.15) is 0 Å². The predicted octanol–water partition coefficient (Wildman–Crippen LogP) is 2.35. The van der Waals surface area contributed by atoms with Crippen molar-refractivity contribution < 1.29 is 4.39 Å². The van der Waals surface area contributed by atoms with Gasteiger partial charge in [-0.1, -0.05) is 12.1 Å². The van der Waals surface area contributed by atoms with Gasteiger partial charge in [0.25, 0.3) is 0 Å². The Morgan fingerprint density at radius 1 is 1.38 bits per heavy atom. The predicted molar refractivity (Wildman–Crippen MR) is 66.1 cm³/mol. The molecule has 1 atom stereocenters. The van der Waals surface area contributed by atoms with Crippen LogP contribution in [0.3, 0.4) is 0 Å². The zero-order chi connectivity index (χ0) is 12.1. The van der Waals surface area contributed by atoms with Crippen molar-refractivity contribution >= 4 is 0 Å². The third kappa shape index (κ3) is 3.91. The summed E-state index contributed by atoms with van der Waals surface area (Å²) in [6, 6.07) is 5.61. The molecule has 0 aliphatic heterocycles. The second-order valence-electron chi connectivity index (χ2n) is 4.49. The van der Waals surface area contributed by atoms with E-state index in [-0.39, 0.29) is 11.9 Å². The van der Waals surface area contributed by atoms with Crippen molar-refractivity contribution in [3.8, 4) is 0 Å². The number of aryl methyl sites for hydroxylation is 1. The van der Waals surface area contributed by atoms with E-state index in [9.17, 15) is 4.39 Å². The molecule has 1 N–H and O–H groups in total. The van der Waals surface area contributed by atoms with Gasteiger partial charge in [0.15, 0.2) is 0 Å². The van der Waals surface area contributed by atoms with E-state index in [1.54, 1.807) is 13.0 Å². The summed E-state index contributed by atoms with van der Waals surface area (Å²) in [4.78, 5) is 2.12. The molecule has 0 saturated carbocycles. The average molecular weight is 224 g/mol. The molecule has 16 heavy (non-hydrogen) atoms. The molecule has 1 aromatic carbocycles. The smallest absolute Gasteiger partial charge is 0.126 e. The minimum atomic E-state index is -0.126. The SMILES string of the molecule is Cc1ccc(C(C)NCCN(C)C)cc1F. The van der Waals surface area contributed by atoms with Gasteiger partial charge in [-0.05, 0) is 45.1 Å². The second-order valence-corrected chi connectivity index (χ2v) is 4.49. The molecular formula is C13H21FN2. The van der Waals surface area contributed by atoms with Gasteiger partial charge >= 0.3 is 0 Å². The van der Waals surface area contributed by atoms with Gasteiger partial charge in [0.05, 0.1) is 0 Å². The molecule has 0 fully saturated rings. The maximum Gasteiger partial charge on any atom is 0.126 e. The van der Waals surface area contributed by atoms with Gasteiger partial charge in [0.2, 0.25) is 0 Å². The first-order valence-electron chi connectivity index (χ1n) is 5.65. The van der Waals surface area contributed by atoms with E-state index < -0.39 is 0 Å². The van der Waals surface area contributed by atoms with Crippen LogP contribution in [0, 0.1) is 12.7 Å². The maximum atomic E-state index is 13.4. The van der Waals surface area contributed by atoms with Gasteiger partial charge in [0, 0.05) is 19.1 Å². The van der Waals surface area contributed by atoms with Gasteiger partial charge in [-0.15, -0.1) is 0 Å². The molecule has 0 heterocycles. The largest absolute Gasteiger partial charge is 0.309 e. The van der Waals surface area contributed by atoms with Crippen LogP contribution in [-0.2, 0) is 0 Å². The number of nitrogens with one attached hydrogen (secondary N) is 1. The van der Waals surface area contributed by atoms with Crippen LogP contribution in [0.4, 0.5) is 4.39 Å². The summed E-state index contributed by atoms with van der Waals surface area (Å²) in [5, 5.41) is 3.37. The molecule has 3 heteroatoms. The summed E-state index contributed by atoms with van der Waals surface area (Å²) in [5.74, 6) is -0.126. The van der Waals surface area contributed by atoms with Gasteiger partial charge in [-0.25, -0.2) is 4.39 Å². The minimum Gasteiger partial charge on any atom is -0.309 e. The lowest BCUT2D eigenvalue weighted by molar-refractivity contribution is 0.389. The third-order valence-electron chi connectivity index (χ3n) is 2.71. The lowest BCUT2D eigenvalue weighted by atomic mass is 10.1. The van der Waals surface area contributed by atoms with E-state index in [1.165, 1.54) is 0 Å². The molecule has 90 valence electrons. The van der Waals surface area contributed by atoms with Crippen LogP contribution in [0.5, 0.6) is 0 Å². The van der Waals surface area contributed by atoms with Crippen molar-refractivity contribution in [2.75, 3.05) is 27.2 Å². The Labute approximate surface area is 97.5 Å². The average Bonchev–Trinajstić information content (AvgIpc) is 2.21. The number of halogens is 1. The van der Waals surface area contributed by atoms with Crippen LogP contribution in [0.25, 0.3) is 0 Å². The molecule has 0 aromatic heterocycles. The number of nitrogens with zero attached hydrogens (tertiary/aromatic N) is 1. The number of benzene rings is 1. The summed E-state index contributed by atoms with van der Waals surface area (Å²) in [5.41, 5.74) is 1.70. The fourth-order valence-corrected chi connectivity index (χ4v) is 1.50. The fraction of sp³-hybridized carbons (Fsp3) is 0.538. The molecule has 0 aliphatic carbocycles. The third-order valence-corrected chi connectivity index (χ3v) is 2.71. The van der Waals surface area contributed by atoms with E-state index in [0.29, 0.717) is 5.56 Å². The monoisotopic (exact) mass is 224 g/mol. The van der Waals surface area contributed by atoms with Crippen molar-refractivity contribution in [3.63, 3.8) is 0 Å². The number of hydrogen-bond donors (Lipinski definition) is 1. The summed E-state index contributed by atoms with van der Waals surface area (Å²) in [6.45, 7) is 5.73. The van der Waals surface area contributed by atoms with Crippen LogP contribution in [-0.4, -0.2) is 32.1 Å². The Morgan fingerprint density at radius 3 is 2.62 bits per heavy atom. The van der Waals surface area contributed by atoms with Crippen LogP contribution in [0.1, 0.15) is 24.1 Å². The molecule has 1 aromatic rings. The van der Waals surface area contributed by atoms with E-state index in [1.807, 2.05) is 26.2 Å². The van der Waals surface area contributed by atoms with E-state index in [4.69, 9.17) is 0 Å². The van der Waals surface area contributed by atoms with Crippen LogP contribution >= 0.6 is 0 Å². The Balaban J connectivity index is 2.52. The highest BCUT2D eigenvalue weighted by molar-refractivity contribution is 5.25. The number of rotatable bonds is 5. The van der Waals surface area contributed by atoms with Crippen molar-refractivity contribution in [1.82, 2.24) is 10.2 Å². The molecule has 0 saturated heterocycles.